The minimum absolute atomic E-state index is 0.135. The first-order valence-electron chi connectivity index (χ1n) is 5.29. The number of hydrogen-bond donors (Lipinski definition) is 1. The molecule has 0 aromatic carbocycles. The summed E-state index contributed by atoms with van der Waals surface area (Å²) >= 11 is 0. The van der Waals surface area contributed by atoms with E-state index in [0.29, 0.717) is 12.4 Å². The maximum absolute atomic E-state index is 10.3. The zero-order valence-electron chi connectivity index (χ0n) is 9.82. The normalized spacial score (nSPS) is 15.1. The second-order valence-corrected chi connectivity index (χ2v) is 4.14. The Hall–Kier alpha value is -1.09. The van der Waals surface area contributed by atoms with Crippen molar-refractivity contribution in [1.82, 2.24) is 4.98 Å². The predicted octanol–water partition coefficient (Wildman–Crippen LogP) is 2.34. The Morgan fingerprint density at radius 2 is 2.13 bits per heavy atom. The molecular weight excluding hydrogens is 190 g/mol. The molecule has 3 nitrogen and oxygen atoms in total. The average molecular weight is 209 g/mol. The van der Waals surface area contributed by atoms with E-state index in [1.54, 1.807) is 19.3 Å². The molecule has 0 spiro atoms. The number of rotatable bonds is 4. The van der Waals surface area contributed by atoms with Crippen LogP contribution in [-0.4, -0.2) is 16.7 Å². The first-order chi connectivity index (χ1) is 6.98. The maximum Gasteiger partial charge on any atom is 0.137 e. The summed E-state index contributed by atoms with van der Waals surface area (Å²) in [4.78, 5) is 4.07. The van der Waals surface area contributed by atoms with Gasteiger partial charge < -0.3 is 9.84 Å². The van der Waals surface area contributed by atoms with Crippen molar-refractivity contribution in [3.63, 3.8) is 0 Å². The van der Waals surface area contributed by atoms with Crippen molar-refractivity contribution in [2.24, 2.45) is 5.92 Å². The van der Waals surface area contributed by atoms with E-state index in [1.165, 1.54) is 0 Å². The van der Waals surface area contributed by atoms with Crippen LogP contribution in [0.5, 0.6) is 5.75 Å². The lowest BCUT2D eigenvalue weighted by atomic mass is 9.86. The van der Waals surface area contributed by atoms with Crippen LogP contribution in [0.3, 0.4) is 0 Å². The van der Waals surface area contributed by atoms with Gasteiger partial charge in [-0.2, -0.15) is 0 Å². The summed E-state index contributed by atoms with van der Waals surface area (Å²) in [5.41, 5.74) is -0.0661. The molecule has 0 amide bonds. The molecule has 0 aliphatic carbocycles. The smallest absolute Gasteiger partial charge is 0.137 e. The van der Waals surface area contributed by atoms with Crippen molar-refractivity contribution < 1.29 is 9.84 Å². The Morgan fingerprint density at radius 3 is 2.67 bits per heavy atom. The Bertz CT molecular complexity index is 321. The summed E-state index contributed by atoms with van der Waals surface area (Å²) < 4.78 is 5.35. The van der Waals surface area contributed by atoms with Crippen molar-refractivity contribution in [3.05, 3.63) is 24.0 Å². The zero-order valence-corrected chi connectivity index (χ0v) is 9.82. The van der Waals surface area contributed by atoms with Crippen molar-refractivity contribution >= 4 is 0 Å². The first-order valence-corrected chi connectivity index (χ1v) is 5.29. The molecule has 1 aromatic heterocycles. The van der Waals surface area contributed by atoms with Crippen LogP contribution >= 0.6 is 0 Å². The van der Waals surface area contributed by atoms with E-state index in [1.807, 2.05) is 26.8 Å². The van der Waals surface area contributed by atoms with Crippen molar-refractivity contribution in [2.75, 3.05) is 6.61 Å². The van der Waals surface area contributed by atoms with Crippen molar-refractivity contribution in [2.45, 2.75) is 33.3 Å². The number of aliphatic hydroxyl groups is 1. The fourth-order valence-electron chi connectivity index (χ4n) is 1.27. The molecular formula is C12H19NO2. The molecule has 1 N–H and O–H groups in total. The number of ether oxygens (including phenoxy) is 1. The van der Waals surface area contributed by atoms with Crippen LogP contribution in [0.1, 0.15) is 33.3 Å². The Labute approximate surface area is 91.1 Å². The third kappa shape index (κ3) is 2.69. The van der Waals surface area contributed by atoms with Crippen LogP contribution < -0.4 is 4.74 Å². The van der Waals surface area contributed by atoms with Gasteiger partial charge in [-0.1, -0.05) is 13.8 Å². The lowest BCUT2D eigenvalue weighted by Gasteiger charge is -2.28. The molecule has 0 aliphatic rings. The zero-order chi connectivity index (χ0) is 11.5. The summed E-state index contributed by atoms with van der Waals surface area (Å²) in [6, 6.07) is 1.84. The highest BCUT2D eigenvalue weighted by Crippen LogP contribution is 2.30. The fraction of sp³-hybridized carbons (Fsp3) is 0.583. The minimum Gasteiger partial charge on any atom is -0.492 e. The number of hydrogen-bond acceptors (Lipinski definition) is 3. The van der Waals surface area contributed by atoms with Gasteiger partial charge in [-0.25, -0.2) is 0 Å². The molecule has 0 radical (unpaired) electrons. The summed E-state index contributed by atoms with van der Waals surface area (Å²) in [6.07, 6.45) is 3.34. The predicted molar refractivity (Wildman–Crippen MR) is 59.8 cm³/mol. The van der Waals surface area contributed by atoms with Crippen molar-refractivity contribution in [1.29, 1.82) is 0 Å². The molecule has 84 valence electrons. The van der Waals surface area contributed by atoms with E-state index in [9.17, 15) is 5.11 Å². The van der Waals surface area contributed by atoms with Gasteiger partial charge in [-0.3, -0.25) is 4.98 Å². The number of pyridine rings is 1. The van der Waals surface area contributed by atoms with Gasteiger partial charge in [0.25, 0.3) is 0 Å². The third-order valence-electron chi connectivity index (χ3n) is 2.73. The molecule has 15 heavy (non-hydrogen) atoms. The van der Waals surface area contributed by atoms with Gasteiger partial charge in [0, 0.05) is 11.8 Å². The van der Waals surface area contributed by atoms with Gasteiger partial charge in [-0.05, 0) is 25.8 Å². The molecule has 1 rings (SSSR count). The van der Waals surface area contributed by atoms with Crippen LogP contribution in [0.25, 0.3) is 0 Å². The first kappa shape index (κ1) is 12.0. The van der Waals surface area contributed by atoms with Crippen LogP contribution in [0.4, 0.5) is 0 Å². The summed E-state index contributed by atoms with van der Waals surface area (Å²) in [6.45, 7) is 8.29. The number of nitrogens with zero attached hydrogens (tertiary/aromatic N) is 1. The number of aromatic nitrogens is 1. The highest BCUT2D eigenvalue weighted by Gasteiger charge is 2.27. The molecule has 0 saturated carbocycles. The largest absolute Gasteiger partial charge is 0.492 e. The van der Waals surface area contributed by atoms with Gasteiger partial charge in [0.2, 0.25) is 0 Å². The van der Waals surface area contributed by atoms with E-state index < -0.39 is 5.60 Å². The molecule has 3 heteroatoms. The fourth-order valence-corrected chi connectivity index (χ4v) is 1.27. The third-order valence-corrected chi connectivity index (χ3v) is 2.73. The van der Waals surface area contributed by atoms with E-state index >= 15 is 0 Å². The van der Waals surface area contributed by atoms with Gasteiger partial charge in [0.15, 0.2) is 0 Å². The standard InChI is InChI=1S/C12H19NO2/c1-5-15-11-6-10(7-13-8-11)12(4,14)9(2)3/h6-9,14H,5H2,1-4H3. The Balaban J connectivity index is 2.99. The SMILES string of the molecule is CCOc1cncc(C(C)(O)C(C)C)c1. The van der Waals surface area contributed by atoms with Crippen LogP contribution in [0, 0.1) is 5.92 Å². The summed E-state index contributed by atoms with van der Waals surface area (Å²) in [5.74, 6) is 0.840. The van der Waals surface area contributed by atoms with Gasteiger partial charge in [-0.15, -0.1) is 0 Å². The van der Waals surface area contributed by atoms with Gasteiger partial charge in [0.1, 0.15) is 5.75 Å². The second kappa shape index (κ2) is 4.62. The molecule has 0 bridgehead atoms. The summed E-state index contributed by atoms with van der Waals surface area (Å²) in [7, 11) is 0. The highest BCUT2D eigenvalue weighted by atomic mass is 16.5. The lowest BCUT2D eigenvalue weighted by molar-refractivity contribution is 0.00850. The molecule has 0 fully saturated rings. The monoisotopic (exact) mass is 209 g/mol. The van der Waals surface area contributed by atoms with E-state index in [0.717, 1.165) is 5.56 Å². The quantitative estimate of drug-likeness (QED) is 0.827. The van der Waals surface area contributed by atoms with Crippen LogP contribution in [0.15, 0.2) is 18.5 Å². The molecule has 1 heterocycles. The Kier molecular flexibility index (Phi) is 3.69. The minimum atomic E-state index is -0.861. The van der Waals surface area contributed by atoms with Gasteiger partial charge in [0.05, 0.1) is 18.4 Å². The maximum atomic E-state index is 10.3. The molecule has 1 unspecified atom stereocenters. The molecule has 0 saturated heterocycles. The second-order valence-electron chi connectivity index (χ2n) is 4.14. The van der Waals surface area contributed by atoms with E-state index in [-0.39, 0.29) is 5.92 Å². The molecule has 1 atom stereocenters. The Morgan fingerprint density at radius 1 is 1.47 bits per heavy atom. The lowest BCUT2D eigenvalue weighted by Crippen LogP contribution is -2.28. The average Bonchev–Trinajstić information content (AvgIpc) is 2.18. The van der Waals surface area contributed by atoms with Crippen LogP contribution in [0.2, 0.25) is 0 Å². The topological polar surface area (TPSA) is 42.4 Å². The van der Waals surface area contributed by atoms with E-state index in [4.69, 9.17) is 4.74 Å². The van der Waals surface area contributed by atoms with Crippen LogP contribution in [-0.2, 0) is 5.60 Å². The van der Waals surface area contributed by atoms with E-state index in [2.05, 4.69) is 4.98 Å². The highest BCUT2D eigenvalue weighted by molar-refractivity contribution is 5.28. The van der Waals surface area contributed by atoms with Gasteiger partial charge >= 0.3 is 0 Å². The van der Waals surface area contributed by atoms with Crippen molar-refractivity contribution in [3.8, 4) is 5.75 Å². The molecule has 0 aliphatic heterocycles. The molecule has 1 aromatic rings. The summed E-state index contributed by atoms with van der Waals surface area (Å²) in [5, 5.41) is 10.3.